The van der Waals surface area contributed by atoms with Gasteiger partial charge in [0, 0.05) is 13.1 Å². The molecule has 1 aliphatic rings. The molecule has 1 amide bonds. The minimum absolute atomic E-state index is 0.232. The molecule has 0 radical (unpaired) electrons. The monoisotopic (exact) mass is 234 g/mol. The van der Waals surface area contributed by atoms with Crippen molar-refractivity contribution in [3.8, 4) is 0 Å². The molecule has 0 spiro atoms. The van der Waals surface area contributed by atoms with Gasteiger partial charge in [-0.25, -0.2) is 4.79 Å². The summed E-state index contributed by atoms with van der Waals surface area (Å²) < 4.78 is 5.25. The van der Waals surface area contributed by atoms with Crippen LogP contribution >= 0.6 is 0 Å². The van der Waals surface area contributed by atoms with E-state index in [0.29, 0.717) is 19.1 Å². The SMILES string of the molecule is NC[C@H]1CCN(C(=O)OCc2ccccc2)C1. The number of ether oxygens (including phenoxy) is 1. The van der Waals surface area contributed by atoms with Crippen LogP contribution in [0.2, 0.25) is 0 Å². The first kappa shape index (κ1) is 11.9. The van der Waals surface area contributed by atoms with Crippen LogP contribution in [0, 0.1) is 5.92 Å². The van der Waals surface area contributed by atoms with E-state index in [-0.39, 0.29) is 6.09 Å². The number of likely N-dealkylation sites (tertiary alicyclic amines) is 1. The Bertz CT molecular complexity index is 367. The van der Waals surface area contributed by atoms with Crippen molar-refractivity contribution in [1.82, 2.24) is 4.90 Å². The first-order chi connectivity index (χ1) is 8.29. The average molecular weight is 234 g/mol. The summed E-state index contributed by atoms with van der Waals surface area (Å²) in [6.07, 6.45) is 0.751. The molecule has 0 bridgehead atoms. The Morgan fingerprint density at radius 3 is 2.82 bits per heavy atom. The predicted octanol–water partition coefficient (Wildman–Crippen LogP) is 1.60. The zero-order valence-electron chi connectivity index (χ0n) is 9.84. The third kappa shape index (κ3) is 3.20. The van der Waals surface area contributed by atoms with Gasteiger partial charge in [0.05, 0.1) is 0 Å². The maximum Gasteiger partial charge on any atom is 0.410 e. The van der Waals surface area contributed by atoms with Crippen LogP contribution < -0.4 is 5.73 Å². The van der Waals surface area contributed by atoms with Crippen molar-refractivity contribution in [3.05, 3.63) is 35.9 Å². The van der Waals surface area contributed by atoms with Crippen LogP contribution in [0.5, 0.6) is 0 Å². The Morgan fingerprint density at radius 1 is 1.41 bits per heavy atom. The van der Waals surface area contributed by atoms with E-state index in [1.54, 1.807) is 4.90 Å². The topological polar surface area (TPSA) is 55.6 Å². The van der Waals surface area contributed by atoms with Crippen LogP contribution in [0.3, 0.4) is 0 Å². The van der Waals surface area contributed by atoms with E-state index >= 15 is 0 Å². The number of carbonyl (C=O) groups excluding carboxylic acids is 1. The summed E-state index contributed by atoms with van der Waals surface area (Å²) >= 11 is 0. The molecule has 1 aromatic rings. The first-order valence-corrected chi connectivity index (χ1v) is 5.95. The summed E-state index contributed by atoms with van der Waals surface area (Å²) in [5.74, 6) is 0.430. The summed E-state index contributed by atoms with van der Waals surface area (Å²) in [5.41, 5.74) is 6.59. The van der Waals surface area contributed by atoms with Crippen molar-refractivity contribution in [1.29, 1.82) is 0 Å². The smallest absolute Gasteiger partial charge is 0.410 e. The highest BCUT2D eigenvalue weighted by atomic mass is 16.6. The molecule has 1 saturated heterocycles. The van der Waals surface area contributed by atoms with E-state index in [4.69, 9.17) is 10.5 Å². The lowest BCUT2D eigenvalue weighted by atomic mass is 10.1. The number of benzene rings is 1. The third-order valence-electron chi connectivity index (χ3n) is 3.08. The van der Waals surface area contributed by atoms with Gasteiger partial charge in [-0.2, -0.15) is 0 Å². The van der Waals surface area contributed by atoms with Gasteiger partial charge in [-0.3, -0.25) is 0 Å². The van der Waals surface area contributed by atoms with Crippen LogP contribution in [-0.4, -0.2) is 30.6 Å². The van der Waals surface area contributed by atoms with E-state index in [9.17, 15) is 4.79 Å². The van der Waals surface area contributed by atoms with Gasteiger partial charge < -0.3 is 15.4 Å². The Hall–Kier alpha value is -1.55. The second-order valence-electron chi connectivity index (χ2n) is 4.38. The van der Waals surface area contributed by atoms with Gasteiger partial charge in [0.2, 0.25) is 0 Å². The normalized spacial score (nSPS) is 19.4. The Morgan fingerprint density at radius 2 is 2.18 bits per heavy atom. The number of carbonyl (C=O) groups is 1. The molecule has 92 valence electrons. The Labute approximate surface area is 101 Å². The van der Waals surface area contributed by atoms with Crippen LogP contribution in [0.1, 0.15) is 12.0 Å². The number of nitrogens with two attached hydrogens (primary N) is 1. The molecule has 1 aromatic carbocycles. The van der Waals surface area contributed by atoms with Gasteiger partial charge in [0.1, 0.15) is 6.61 Å². The highest BCUT2D eigenvalue weighted by Gasteiger charge is 2.26. The minimum Gasteiger partial charge on any atom is -0.445 e. The predicted molar refractivity (Wildman–Crippen MR) is 65.4 cm³/mol. The maximum absolute atomic E-state index is 11.7. The standard InChI is InChI=1S/C13H18N2O2/c14-8-12-6-7-15(9-12)13(16)17-10-11-4-2-1-3-5-11/h1-5,12H,6-10,14H2/t12-/m1/s1. The summed E-state index contributed by atoms with van der Waals surface area (Å²) in [6.45, 7) is 2.46. The molecule has 1 heterocycles. The van der Waals surface area contributed by atoms with Crippen LogP contribution in [0.15, 0.2) is 30.3 Å². The maximum atomic E-state index is 11.7. The molecule has 4 heteroatoms. The fourth-order valence-corrected chi connectivity index (χ4v) is 2.00. The van der Waals surface area contributed by atoms with Gasteiger partial charge in [-0.1, -0.05) is 30.3 Å². The second kappa shape index (κ2) is 5.68. The molecule has 4 nitrogen and oxygen atoms in total. The zero-order chi connectivity index (χ0) is 12.1. The number of amides is 1. The second-order valence-corrected chi connectivity index (χ2v) is 4.38. The van der Waals surface area contributed by atoms with Crippen LogP contribution in [-0.2, 0) is 11.3 Å². The van der Waals surface area contributed by atoms with E-state index in [1.165, 1.54) is 0 Å². The summed E-state index contributed by atoms with van der Waals surface area (Å²) in [6, 6.07) is 9.70. The number of nitrogens with zero attached hydrogens (tertiary/aromatic N) is 1. The van der Waals surface area contributed by atoms with Crippen LogP contribution in [0.4, 0.5) is 4.79 Å². The van der Waals surface area contributed by atoms with Gasteiger partial charge in [-0.05, 0) is 24.4 Å². The zero-order valence-corrected chi connectivity index (χ0v) is 9.84. The van der Waals surface area contributed by atoms with Gasteiger partial charge in [0.15, 0.2) is 0 Å². The highest BCUT2D eigenvalue weighted by molar-refractivity contribution is 5.68. The fraction of sp³-hybridized carbons (Fsp3) is 0.462. The van der Waals surface area contributed by atoms with E-state index < -0.39 is 0 Å². The summed E-state index contributed by atoms with van der Waals surface area (Å²) in [5, 5.41) is 0. The van der Waals surface area contributed by atoms with Crippen molar-refractivity contribution < 1.29 is 9.53 Å². The molecule has 0 unspecified atom stereocenters. The minimum atomic E-state index is -0.232. The van der Waals surface area contributed by atoms with Crippen molar-refractivity contribution in [2.45, 2.75) is 13.0 Å². The Kier molecular flexibility index (Phi) is 3.98. The van der Waals surface area contributed by atoms with Crippen molar-refractivity contribution >= 4 is 6.09 Å². The lowest BCUT2D eigenvalue weighted by Gasteiger charge is -2.16. The van der Waals surface area contributed by atoms with Crippen molar-refractivity contribution in [2.75, 3.05) is 19.6 Å². The molecule has 1 aliphatic heterocycles. The molecule has 17 heavy (non-hydrogen) atoms. The molecule has 0 saturated carbocycles. The molecular formula is C13H18N2O2. The molecular weight excluding hydrogens is 216 g/mol. The molecule has 1 atom stereocenters. The summed E-state index contributed by atoms with van der Waals surface area (Å²) in [4.78, 5) is 13.5. The van der Waals surface area contributed by atoms with Crippen molar-refractivity contribution in [2.24, 2.45) is 11.7 Å². The Balaban J connectivity index is 1.78. The molecule has 2 rings (SSSR count). The molecule has 2 N–H and O–H groups in total. The quantitative estimate of drug-likeness (QED) is 0.864. The highest BCUT2D eigenvalue weighted by Crippen LogP contribution is 2.16. The van der Waals surface area contributed by atoms with E-state index in [1.807, 2.05) is 30.3 Å². The van der Waals surface area contributed by atoms with Gasteiger partial charge in [-0.15, -0.1) is 0 Å². The van der Waals surface area contributed by atoms with E-state index in [0.717, 1.165) is 25.1 Å². The number of hydrogen-bond donors (Lipinski definition) is 1. The number of rotatable bonds is 3. The first-order valence-electron chi connectivity index (χ1n) is 5.95. The largest absolute Gasteiger partial charge is 0.445 e. The number of hydrogen-bond acceptors (Lipinski definition) is 3. The fourth-order valence-electron chi connectivity index (χ4n) is 2.00. The molecule has 0 aromatic heterocycles. The van der Waals surface area contributed by atoms with Gasteiger partial charge in [0.25, 0.3) is 0 Å². The molecule has 0 aliphatic carbocycles. The lowest BCUT2D eigenvalue weighted by molar-refractivity contribution is 0.103. The lowest BCUT2D eigenvalue weighted by Crippen LogP contribution is -2.30. The van der Waals surface area contributed by atoms with Crippen molar-refractivity contribution in [3.63, 3.8) is 0 Å². The average Bonchev–Trinajstić information content (AvgIpc) is 2.86. The van der Waals surface area contributed by atoms with Crippen LogP contribution in [0.25, 0.3) is 0 Å². The van der Waals surface area contributed by atoms with E-state index in [2.05, 4.69) is 0 Å². The van der Waals surface area contributed by atoms with Gasteiger partial charge >= 0.3 is 6.09 Å². The summed E-state index contributed by atoms with van der Waals surface area (Å²) in [7, 11) is 0. The third-order valence-corrected chi connectivity index (χ3v) is 3.08. The molecule has 1 fully saturated rings.